The molecule has 3 rings (SSSR count). The fourth-order valence-electron chi connectivity index (χ4n) is 4.02. The number of carbonyl (C=O) groups excluding carboxylic acids is 2. The van der Waals surface area contributed by atoms with Gasteiger partial charge in [-0.15, -0.1) is 0 Å². The van der Waals surface area contributed by atoms with Crippen molar-refractivity contribution in [2.75, 3.05) is 34.3 Å². The third-order valence-corrected chi connectivity index (χ3v) is 5.84. The maximum atomic E-state index is 13.1. The van der Waals surface area contributed by atoms with Crippen molar-refractivity contribution >= 4 is 17.4 Å². The number of aryl methyl sites for hydroxylation is 2. The van der Waals surface area contributed by atoms with Crippen molar-refractivity contribution in [3.8, 4) is 11.5 Å². The van der Waals surface area contributed by atoms with Gasteiger partial charge in [0.2, 0.25) is 0 Å². The molecule has 2 N–H and O–H groups in total. The molecule has 1 saturated heterocycles. The van der Waals surface area contributed by atoms with E-state index in [1.807, 2.05) is 32.8 Å². The van der Waals surface area contributed by atoms with Gasteiger partial charge in [-0.25, -0.2) is 0 Å². The monoisotopic (exact) mass is 438 g/mol. The number of benzene rings is 2. The van der Waals surface area contributed by atoms with Crippen LogP contribution in [0.25, 0.3) is 5.76 Å². The number of hydrogen-bond acceptors (Lipinski definition) is 6. The highest BCUT2D eigenvalue weighted by Gasteiger charge is 2.47. The second-order valence-electron chi connectivity index (χ2n) is 8.34. The summed E-state index contributed by atoms with van der Waals surface area (Å²) < 4.78 is 5.50. The maximum absolute atomic E-state index is 13.1. The van der Waals surface area contributed by atoms with Crippen LogP contribution >= 0.6 is 0 Å². The van der Waals surface area contributed by atoms with Crippen molar-refractivity contribution in [2.45, 2.75) is 26.3 Å². The second-order valence-corrected chi connectivity index (χ2v) is 8.34. The van der Waals surface area contributed by atoms with Crippen molar-refractivity contribution in [1.82, 2.24) is 9.80 Å². The SMILES string of the molecule is COc1ccccc1C1C(=C(O)c2cc(C)c(C)cc2O)C(=O)C(=O)N1CCCN(C)C. The number of Topliss-reactive ketones (excluding diaryl/α,β-unsaturated/α-hetero) is 1. The Kier molecular flexibility index (Phi) is 6.89. The molecule has 0 spiro atoms. The summed E-state index contributed by atoms with van der Waals surface area (Å²) >= 11 is 0. The molecule has 0 aliphatic carbocycles. The highest BCUT2D eigenvalue weighted by molar-refractivity contribution is 6.46. The van der Waals surface area contributed by atoms with E-state index in [1.165, 1.54) is 18.1 Å². The molecule has 0 aromatic heterocycles. The average molecular weight is 439 g/mol. The number of aliphatic hydroxyl groups excluding tert-OH is 1. The van der Waals surface area contributed by atoms with Crippen LogP contribution in [0.3, 0.4) is 0 Å². The zero-order valence-corrected chi connectivity index (χ0v) is 19.2. The highest BCUT2D eigenvalue weighted by Crippen LogP contribution is 2.43. The van der Waals surface area contributed by atoms with E-state index in [0.717, 1.165) is 17.7 Å². The molecule has 1 unspecified atom stereocenters. The molecule has 0 saturated carbocycles. The number of hydrogen-bond donors (Lipinski definition) is 2. The predicted octanol–water partition coefficient (Wildman–Crippen LogP) is 3.39. The molecular formula is C25H30N2O5. The number of ketones is 1. The molecule has 2 aromatic rings. The Morgan fingerprint density at radius 2 is 1.78 bits per heavy atom. The molecule has 1 amide bonds. The van der Waals surface area contributed by atoms with E-state index >= 15 is 0 Å². The lowest BCUT2D eigenvalue weighted by Crippen LogP contribution is -2.32. The van der Waals surface area contributed by atoms with Crippen LogP contribution in [0.4, 0.5) is 0 Å². The number of aliphatic hydroxyl groups is 1. The fraction of sp³-hybridized carbons (Fsp3) is 0.360. The summed E-state index contributed by atoms with van der Waals surface area (Å²) in [5.41, 5.74) is 2.37. The van der Waals surface area contributed by atoms with Crippen molar-refractivity contribution in [3.05, 3.63) is 64.2 Å². The van der Waals surface area contributed by atoms with E-state index in [-0.39, 0.29) is 16.9 Å². The molecule has 1 aliphatic heterocycles. The molecule has 170 valence electrons. The third-order valence-electron chi connectivity index (χ3n) is 5.84. The van der Waals surface area contributed by atoms with Gasteiger partial charge in [0.1, 0.15) is 17.3 Å². The van der Waals surface area contributed by atoms with Crippen molar-refractivity contribution in [1.29, 1.82) is 0 Å². The smallest absolute Gasteiger partial charge is 0.295 e. The molecule has 0 radical (unpaired) electrons. The number of phenols is 1. The largest absolute Gasteiger partial charge is 0.507 e. The molecule has 1 fully saturated rings. The van der Waals surface area contributed by atoms with Gasteiger partial charge in [0.25, 0.3) is 11.7 Å². The lowest BCUT2D eigenvalue weighted by molar-refractivity contribution is -0.140. The standard InChI is InChI=1S/C25H30N2O5/c1-15-13-18(19(28)14-16(15)2)23(29)21-22(17-9-6-7-10-20(17)32-5)27(25(31)24(21)30)12-8-11-26(3)4/h6-7,9-10,13-14,22,28-29H,8,11-12H2,1-5H3. The number of ether oxygens (including phenoxy) is 1. The average Bonchev–Trinajstić information content (AvgIpc) is 3.00. The molecule has 1 heterocycles. The van der Waals surface area contributed by atoms with Gasteiger partial charge in [0.15, 0.2) is 0 Å². The van der Waals surface area contributed by atoms with E-state index in [9.17, 15) is 19.8 Å². The van der Waals surface area contributed by atoms with Crippen LogP contribution in [0, 0.1) is 13.8 Å². The van der Waals surface area contributed by atoms with Gasteiger partial charge in [-0.05, 0) is 70.2 Å². The Labute approximate surface area is 188 Å². The number of carbonyl (C=O) groups is 2. The van der Waals surface area contributed by atoms with Crippen LogP contribution in [0.2, 0.25) is 0 Å². The zero-order valence-electron chi connectivity index (χ0n) is 19.2. The number of methoxy groups -OCH3 is 1. The first-order valence-electron chi connectivity index (χ1n) is 10.5. The molecule has 7 heteroatoms. The normalized spacial score (nSPS) is 17.9. The van der Waals surface area contributed by atoms with Crippen molar-refractivity contribution in [2.24, 2.45) is 0 Å². The number of nitrogens with zero attached hydrogens (tertiary/aromatic N) is 2. The van der Waals surface area contributed by atoms with Gasteiger partial charge in [-0.1, -0.05) is 18.2 Å². The maximum Gasteiger partial charge on any atom is 0.295 e. The van der Waals surface area contributed by atoms with Crippen LogP contribution in [0.5, 0.6) is 11.5 Å². The molecule has 2 aromatic carbocycles. The van der Waals surface area contributed by atoms with Crippen LogP contribution < -0.4 is 4.74 Å². The quantitative estimate of drug-likeness (QED) is 0.391. The Bertz CT molecular complexity index is 1070. The second kappa shape index (κ2) is 9.44. The molecular weight excluding hydrogens is 408 g/mol. The number of aromatic hydroxyl groups is 1. The molecule has 1 aliphatic rings. The fourth-order valence-corrected chi connectivity index (χ4v) is 4.02. The van der Waals surface area contributed by atoms with Gasteiger partial charge in [0.05, 0.1) is 24.3 Å². The van der Waals surface area contributed by atoms with Crippen molar-refractivity contribution in [3.63, 3.8) is 0 Å². The third kappa shape index (κ3) is 4.34. The van der Waals surface area contributed by atoms with E-state index in [4.69, 9.17) is 4.74 Å². The van der Waals surface area contributed by atoms with Crippen molar-refractivity contribution < 1.29 is 24.5 Å². The predicted molar refractivity (Wildman–Crippen MR) is 123 cm³/mol. The Morgan fingerprint density at radius 1 is 1.12 bits per heavy atom. The molecule has 0 bridgehead atoms. The summed E-state index contributed by atoms with van der Waals surface area (Å²) in [6, 6.07) is 9.47. The number of rotatable bonds is 7. The number of para-hydroxylation sites is 1. The summed E-state index contributed by atoms with van der Waals surface area (Å²) in [4.78, 5) is 29.6. The van der Waals surface area contributed by atoms with Gasteiger partial charge in [-0.2, -0.15) is 0 Å². The van der Waals surface area contributed by atoms with Crippen LogP contribution in [0.15, 0.2) is 42.0 Å². The van der Waals surface area contributed by atoms with Gasteiger partial charge in [-0.3, -0.25) is 9.59 Å². The van der Waals surface area contributed by atoms with E-state index in [0.29, 0.717) is 24.3 Å². The van der Waals surface area contributed by atoms with Crippen LogP contribution in [0.1, 0.15) is 34.7 Å². The zero-order chi connectivity index (χ0) is 23.6. The summed E-state index contributed by atoms with van der Waals surface area (Å²) in [5.74, 6) is -1.49. The van der Waals surface area contributed by atoms with Gasteiger partial charge >= 0.3 is 0 Å². The first kappa shape index (κ1) is 23.3. The topological polar surface area (TPSA) is 90.3 Å². The summed E-state index contributed by atoms with van der Waals surface area (Å²) in [6.45, 7) is 4.77. The Morgan fingerprint density at radius 3 is 2.44 bits per heavy atom. The minimum absolute atomic E-state index is 0.0529. The van der Waals surface area contributed by atoms with Crippen LogP contribution in [-0.4, -0.2) is 66.0 Å². The summed E-state index contributed by atoms with van der Waals surface area (Å²) in [5, 5.41) is 21.7. The first-order chi connectivity index (χ1) is 15.2. The van der Waals surface area contributed by atoms with Crippen LogP contribution in [-0.2, 0) is 9.59 Å². The van der Waals surface area contributed by atoms with E-state index in [1.54, 1.807) is 30.3 Å². The summed E-state index contributed by atoms with van der Waals surface area (Å²) in [6.07, 6.45) is 0.653. The first-order valence-corrected chi connectivity index (χ1v) is 10.5. The minimum Gasteiger partial charge on any atom is -0.507 e. The molecule has 32 heavy (non-hydrogen) atoms. The van der Waals surface area contributed by atoms with Gasteiger partial charge in [0, 0.05) is 12.1 Å². The Balaban J connectivity index is 2.20. The van der Waals surface area contributed by atoms with E-state index in [2.05, 4.69) is 0 Å². The van der Waals surface area contributed by atoms with E-state index < -0.39 is 23.5 Å². The lowest BCUT2D eigenvalue weighted by Gasteiger charge is -2.27. The van der Waals surface area contributed by atoms with Gasteiger partial charge < -0.3 is 24.7 Å². The number of phenolic OH excluding ortho intramolecular Hbond substituents is 1. The number of likely N-dealkylation sites (tertiary alicyclic amines) is 1. The molecule has 1 atom stereocenters. The minimum atomic E-state index is -0.825. The lowest BCUT2D eigenvalue weighted by atomic mass is 9.93. The number of amides is 1. The highest BCUT2D eigenvalue weighted by atomic mass is 16.5. The Hall–Kier alpha value is -3.32. The molecule has 7 nitrogen and oxygen atoms in total. The summed E-state index contributed by atoms with van der Waals surface area (Å²) in [7, 11) is 5.40.